The highest BCUT2D eigenvalue weighted by Gasteiger charge is 2.45. The molecule has 1 aromatic carbocycles. The van der Waals surface area contributed by atoms with Gasteiger partial charge in [-0.1, -0.05) is 49.1 Å². The molecule has 1 unspecified atom stereocenters. The molecule has 0 spiro atoms. The fourth-order valence-corrected chi connectivity index (χ4v) is 4.12. The van der Waals surface area contributed by atoms with Gasteiger partial charge in [0.15, 0.2) is 0 Å². The van der Waals surface area contributed by atoms with Crippen LogP contribution in [0.1, 0.15) is 49.1 Å². The predicted octanol–water partition coefficient (Wildman–Crippen LogP) is 4.80. The largest absolute Gasteiger partial charge is 0.403 e. The first kappa shape index (κ1) is 29.0. The molecular formula is C28H40F2N6. The lowest BCUT2D eigenvalue weighted by atomic mass is 9.77. The molecule has 8 heteroatoms. The van der Waals surface area contributed by atoms with Crippen molar-refractivity contribution in [2.75, 3.05) is 13.6 Å². The molecule has 0 amide bonds. The van der Waals surface area contributed by atoms with Crippen LogP contribution in [-0.4, -0.2) is 35.4 Å². The van der Waals surface area contributed by atoms with Gasteiger partial charge in [-0.2, -0.15) is 0 Å². The van der Waals surface area contributed by atoms with Crippen LogP contribution in [0.2, 0.25) is 0 Å². The van der Waals surface area contributed by atoms with Crippen LogP contribution in [0.5, 0.6) is 0 Å². The molecule has 1 saturated heterocycles. The van der Waals surface area contributed by atoms with Gasteiger partial charge in [0.05, 0.1) is 0 Å². The Kier molecular flexibility index (Phi) is 12.1. The number of hydrogen-bond donors (Lipinski definition) is 4. The van der Waals surface area contributed by atoms with E-state index < -0.39 is 5.92 Å². The number of nitrogens with two attached hydrogens (primary N) is 2. The van der Waals surface area contributed by atoms with E-state index in [1.165, 1.54) is 31.1 Å². The fraction of sp³-hybridized carbons (Fsp3) is 0.393. The number of likely N-dealkylation sites (N-methyl/N-ethyl adjacent to an activating group) is 1. The molecule has 2 aliphatic rings. The molecule has 4 rings (SSSR count). The fourth-order valence-electron chi connectivity index (χ4n) is 4.12. The molecule has 1 aromatic heterocycles. The molecule has 0 bridgehead atoms. The van der Waals surface area contributed by atoms with Crippen molar-refractivity contribution in [3.05, 3.63) is 103 Å². The van der Waals surface area contributed by atoms with Gasteiger partial charge in [-0.05, 0) is 49.5 Å². The first-order chi connectivity index (χ1) is 17.3. The van der Waals surface area contributed by atoms with E-state index in [-0.39, 0.29) is 18.8 Å². The van der Waals surface area contributed by atoms with Gasteiger partial charge in [0.2, 0.25) is 5.92 Å². The number of nitrogens with one attached hydrogen (secondary N) is 2. The summed E-state index contributed by atoms with van der Waals surface area (Å²) < 4.78 is 24.9. The molecular weight excluding hydrogens is 458 g/mol. The van der Waals surface area contributed by atoms with Crippen molar-refractivity contribution in [2.45, 2.75) is 56.5 Å². The van der Waals surface area contributed by atoms with Crippen LogP contribution in [0.25, 0.3) is 0 Å². The number of likely N-dealkylation sites (tertiary alicyclic amines) is 1. The minimum atomic E-state index is -2.43. The van der Waals surface area contributed by atoms with E-state index in [0.29, 0.717) is 12.5 Å². The van der Waals surface area contributed by atoms with Crippen LogP contribution in [0.15, 0.2) is 91.7 Å². The quantitative estimate of drug-likeness (QED) is 0.237. The van der Waals surface area contributed by atoms with E-state index in [1.54, 1.807) is 24.5 Å². The van der Waals surface area contributed by atoms with Gasteiger partial charge in [0.1, 0.15) is 0 Å². The minimum Gasteiger partial charge on any atom is -0.403 e. The van der Waals surface area contributed by atoms with Gasteiger partial charge in [0, 0.05) is 61.8 Å². The molecule has 2 heterocycles. The topological polar surface area (TPSA) is 92.2 Å². The third kappa shape index (κ3) is 9.79. The second-order valence-corrected chi connectivity index (χ2v) is 9.08. The Morgan fingerprint density at radius 1 is 1.22 bits per heavy atom. The highest BCUT2D eigenvalue weighted by atomic mass is 19.3. The highest BCUT2D eigenvalue weighted by molar-refractivity contribution is 5.19. The van der Waals surface area contributed by atoms with Crippen molar-refractivity contribution in [1.82, 2.24) is 20.6 Å². The van der Waals surface area contributed by atoms with Crippen LogP contribution in [0.3, 0.4) is 0 Å². The summed E-state index contributed by atoms with van der Waals surface area (Å²) >= 11 is 0. The first-order valence-corrected chi connectivity index (χ1v) is 12.2. The molecule has 36 heavy (non-hydrogen) atoms. The maximum atomic E-state index is 12.5. The monoisotopic (exact) mass is 498 g/mol. The number of alkyl halides is 2. The van der Waals surface area contributed by atoms with Gasteiger partial charge in [0.25, 0.3) is 0 Å². The molecule has 1 aliphatic carbocycles. The molecule has 1 atom stereocenters. The van der Waals surface area contributed by atoms with Gasteiger partial charge >= 0.3 is 0 Å². The lowest BCUT2D eigenvalue weighted by Crippen LogP contribution is -2.33. The van der Waals surface area contributed by atoms with Crippen molar-refractivity contribution in [1.29, 1.82) is 0 Å². The number of hydrazine groups is 1. The number of benzene rings is 1. The Bertz CT molecular complexity index is 941. The Morgan fingerprint density at radius 2 is 1.94 bits per heavy atom. The summed E-state index contributed by atoms with van der Waals surface area (Å²) in [4.78, 5) is 6.27. The number of allylic oxidation sites excluding steroid dienone is 1. The number of pyridine rings is 1. The van der Waals surface area contributed by atoms with Gasteiger partial charge in [-0.25, -0.2) is 8.78 Å². The molecule has 1 saturated carbocycles. The van der Waals surface area contributed by atoms with Crippen LogP contribution >= 0.6 is 0 Å². The van der Waals surface area contributed by atoms with Crippen LogP contribution in [0, 0.1) is 0 Å². The Morgan fingerprint density at radius 3 is 2.42 bits per heavy atom. The SMILES string of the molecule is C=C(NCc1ccccc1)C1CCCN1C.C=CC/C(=C/N)NN.FC1(F)CC(c2cccnc2)C1. The molecule has 2 fully saturated rings. The van der Waals surface area contributed by atoms with E-state index in [4.69, 9.17) is 11.6 Å². The summed E-state index contributed by atoms with van der Waals surface area (Å²) in [5.74, 6) is 2.62. The Labute approximate surface area is 214 Å². The minimum absolute atomic E-state index is 0.0152. The van der Waals surface area contributed by atoms with Gasteiger partial charge in [-0.15, -0.1) is 6.58 Å². The van der Waals surface area contributed by atoms with Crippen LogP contribution in [-0.2, 0) is 6.54 Å². The van der Waals surface area contributed by atoms with E-state index in [0.717, 1.165) is 23.5 Å². The van der Waals surface area contributed by atoms with Gasteiger partial charge < -0.3 is 16.5 Å². The maximum Gasteiger partial charge on any atom is 0.249 e. The Balaban J connectivity index is 0.000000202. The molecule has 0 radical (unpaired) electrons. The summed E-state index contributed by atoms with van der Waals surface area (Å²) in [7, 11) is 2.17. The number of rotatable bonds is 8. The summed E-state index contributed by atoms with van der Waals surface area (Å²) in [5.41, 5.74) is 11.7. The van der Waals surface area contributed by atoms with Crippen molar-refractivity contribution in [3.8, 4) is 0 Å². The van der Waals surface area contributed by atoms with E-state index in [2.05, 4.69) is 65.1 Å². The molecule has 6 nitrogen and oxygen atoms in total. The average molecular weight is 499 g/mol. The van der Waals surface area contributed by atoms with E-state index in [9.17, 15) is 8.78 Å². The zero-order valence-corrected chi connectivity index (χ0v) is 21.2. The van der Waals surface area contributed by atoms with Crippen molar-refractivity contribution in [3.63, 3.8) is 0 Å². The number of halogens is 2. The summed E-state index contributed by atoms with van der Waals surface area (Å²) in [6.45, 7) is 9.72. The van der Waals surface area contributed by atoms with Crippen LogP contribution < -0.4 is 22.3 Å². The number of aromatic nitrogens is 1. The zero-order chi connectivity index (χ0) is 26.4. The lowest BCUT2D eigenvalue weighted by molar-refractivity contribution is -0.0868. The second-order valence-electron chi connectivity index (χ2n) is 9.08. The lowest BCUT2D eigenvalue weighted by Gasteiger charge is -2.34. The number of nitrogens with zero attached hydrogens (tertiary/aromatic N) is 2. The zero-order valence-electron chi connectivity index (χ0n) is 21.2. The highest BCUT2D eigenvalue weighted by Crippen LogP contribution is 2.47. The first-order valence-electron chi connectivity index (χ1n) is 12.2. The molecule has 6 N–H and O–H groups in total. The predicted molar refractivity (Wildman–Crippen MR) is 144 cm³/mol. The van der Waals surface area contributed by atoms with Crippen molar-refractivity contribution >= 4 is 0 Å². The standard InChI is InChI=1S/C14H20N2.C9H9F2N.C5H11N3/c1-12(14-9-6-10-16(14)2)15-11-13-7-4-3-5-8-13;10-9(11)4-8(5-9)7-2-1-3-12-6-7;1-2-3-5(4-6)8-7/h3-5,7-8,14-15H,1,6,9-11H2,2H3;1-3,6,8H,4-5H2;2,4,8H,1,3,6-7H2/b;;5-4-. The summed E-state index contributed by atoms with van der Waals surface area (Å²) in [5, 5.41) is 3.44. The van der Waals surface area contributed by atoms with Crippen molar-refractivity contribution in [2.24, 2.45) is 11.6 Å². The molecule has 196 valence electrons. The Hall–Kier alpha value is -3.23. The van der Waals surface area contributed by atoms with E-state index >= 15 is 0 Å². The second kappa shape index (κ2) is 15.0. The molecule has 2 aromatic rings. The van der Waals surface area contributed by atoms with Crippen molar-refractivity contribution < 1.29 is 8.78 Å². The maximum absolute atomic E-state index is 12.5. The number of hydrogen-bond acceptors (Lipinski definition) is 6. The summed E-state index contributed by atoms with van der Waals surface area (Å²) in [6, 6.07) is 14.6. The van der Waals surface area contributed by atoms with Gasteiger partial charge in [-0.3, -0.25) is 15.7 Å². The molecule has 1 aliphatic heterocycles. The van der Waals surface area contributed by atoms with E-state index in [1.807, 2.05) is 12.1 Å². The normalized spacial score (nSPS) is 19.0. The smallest absolute Gasteiger partial charge is 0.249 e. The summed E-state index contributed by atoms with van der Waals surface area (Å²) in [6.07, 6.45) is 9.63. The van der Waals surface area contributed by atoms with Crippen LogP contribution in [0.4, 0.5) is 8.78 Å². The average Bonchev–Trinajstić information content (AvgIpc) is 3.32. The third-order valence-corrected chi connectivity index (χ3v) is 6.28. The third-order valence-electron chi connectivity index (χ3n) is 6.28.